The Hall–Kier alpha value is -2.87. The molecule has 0 bridgehead atoms. The van der Waals surface area contributed by atoms with Crippen LogP contribution in [0.15, 0.2) is 32.7 Å². The van der Waals surface area contributed by atoms with Crippen molar-refractivity contribution in [2.24, 2.45) is 7.05 Å². The number of nitriles is 1. The smallest absolute Gasteiger partial charge is 0.299 e. The number of benzene rings is 1. The number of rotatable bonds is 5. The Morgan fingerprint density at radius 3 is 2.38 bits per heavy atom. The molecule has 0 saturated heterocycles. The van der Waals surface area contributed by atoms with E-state index in [4.69, 9.17) is 0 Å². The van der Waals surface area contributed by atoms with Gasteiger partial charge in [0.05, 0.1) is 16.5 Å². The van der Waals surface area contributed by atoms with E-state index in [9.17, 15) is 37.2 Å². The lowest BCUT2D eigenvalue weighted by Gasteiger charge is -2.16. The third-order valence-electron chi connectivity index (χ3n) is 4.11. The Kier molecular flexibility index (Phi) is 6.37. The summed E-state index contributed by atoms with van der Waals surface area (Å²) in [5.74, 6) is -1.34. The standard InChI is InChI=1S/C18H15F4N3O3S/c1-4-13(9(2)26)29-14-6-12(11(19)5-10(14)8-23)25-16(27)7-15(18(20,21)22)24(3)17(25)28/h5-7,13H,4H2,1-3H3. The van der Waals surface area contributed by atoms with Gasteiger partial charge in [-0.25, -0.2) is 13.8 Å². The number of ketones is 1. The van der Waals surface area contributed by atoms with Crippen LogP contribution in [0.5, 0.6) is 0 Å². The van der Waals surface area contributed by atoms with Crippen molar-refractivity contribution in [1.82, 2.24) is 9.13 Å². The highest BCUT2D eigenvalue weighted by molar-refractivity contribution is 8.00. The van der Waals surface area contributed by atoms with Crippen LogP contribution < -0.4 is 11.2 Å². The van der Waals surface area contributed by atoms with Crippen molar-refractivity contribution in [2.75, 3.05) is 0 Å². The fourth-order valence-corrected chi connectivity index (χ4v) is 3.68. The summed E-state index contributed by atoms with van der Waals surface area (Å²) in [6.07, 6.45) is -4.55. The monoisotopic (exact) mass is 429 g/mol. The van der Waals surface area contributed by atoms with Crippen LogP contribution in [0.4, 0.5) is 17.6 Å². The molecule has 0 fully saturated rings. The third kappa shape index (κ3) is 4.42. The summed E-state index contributed by atoms with van der Waals surface area (Å²) in [6.45, 7) is 3.07. The lowest BCUT2D eigenvalue weighted by molar-refractivity contribution is -0.144. The Morgan fingerprint density at radius 2 is 1.90 bits per heavy atom. The second-order valence-corrected chi connectivity index (χ2v) is 7.32. The minimum atomic E-state index is -4.95. The fourth-order valence-electron chi connectivity index (χ4n) is 2.63. The molecule has 1 heterocycles. The van der Waals surface area contributed by atoms with Gasteiger partial charge in [0.25, 0.3) is 5.56 Å². The maximum Gasteiger partial charge on any atom is 0.431 e. The summed E-state index contributed by atoms with van der Waals surface area (Å²) >= 11 is 0.946. The van der Waals surface area contributed by atoms with Gasteiger partial charge in [0.1, 0.15) is 23.4 Å². The number of thioether (sulfide) groups is 1. The van der Waals surface area contributed by atoms with Crippen molar-refractivity contribution >= 4 is 17.5 Å². The van der Waals surface area contributed by atoms with Crippen LogP contribution in [0.1, 0.15) is 31.5 Å². The molecule has 1 aromatic carbocycles. The van der Waals surface area contributed by atoms with E-state index in [0.29, 0.717) is 6.42 Å². The first kappa shape index (κ1) is 22.4. The fraction of sp³-hybridized carbons (Fsp3) is 0.333. The molecule has 0 radical (unpaired) electrons. The maximum atomic E-state index is 14.5. The summed E-state index contributed by atoms with van der Waals surface area (Å²) in [4.78, 5) is 36.4. The summed E-state index contributed by atoms with van der Waals surface area (Å²) in [7, 11) is 0.807. The second kappa shape index (κ2) is 8.24. The summed E-state index contributed by atoms with van der Waals surface area (Å²) in [5.41, 5.74) is -4.99. The van der Waals surface area contributed by atoms with Crippen LogP contribution in [-0.4, -0.2) is 20.2 Å². The summed E-state index contributed by atoms with van der Waals surface area (Å²) in [6, 6.07) is 3.74. The van der Waals surface area contributed by atoms with Gasteiger partial charge < -0.3 is 0 Å². The normalized spacial score (nSPS) is 12.5. The molecular formula is C18H15F4N3O3S. The van der Waals surface area contributed by atoms with Gasteiger partial charge in [-0.15, -0.1) is 11.8 Å². The average Bonchev–Trinajstić information content (AvgIpc) is 2.63. The van der Waals surface area contributed by atoms with E-state index >= 15 is 0 Å². The quantitative estimate of drug-likeness (QED) is 0.539. The predicted octanol–water partition coefficient (Wildman–Crippen LogP) is 3.03. The maximum absolute atomic E-state index is 14.5. The number of aromatic nitrogens is 2. The molecule has 2 rings (SSSR count). The van der Waals surface area contributed by atoms with Crippen molar-refractivity contribution in [1.29, 1.82) is 5.26 Å². The molecule has 0 saturated carbocycles. The summed E-state index contributed by atoms with van der Waals surface area (Å²) in [5, 5.41) is 8.67. The number of carbonyl (C=O) groups is 1. The van der Waals surface area contributed by atoms with Crippen LogP contribution in [0.25, 0.3) is 5.69 Å². The lowest BCUT2D eigenvalue weighted by atomic mass is 10.2. The first-order valence-corrected chi connectivity index (χ1v) is 9.11. The Bertz CT molecular complexity index is 1130. The van der Waals surface area contributed by atoms with Gasteiger partial charge in [-0.1, -0.05) is 6.92 Å². The zero-order valence-electron chi connectivity index (χ0n) is 15.5. The molecule has 0 aliphatic heterocycles. The average molecular weight is 429 g/mol. The van der Waals surface area contributed by atoms with E-state index in [1.807, 2.05) is 0 Å². The minimum absolute atomic E-state index is 0.125. The zero-order valence-corrected chi connectivity index (χ0v) is 16.3. The highest BCUT2D eigenvalue weighted by Crippen LogP contribution is 2.32. The molecule has 0 aliphatic rings. The minimum Gasteiger partial charge on any atom is -0.299 e. The van der Waals surface area contributed by atoms with Crippen molar-refractivity contribution < 1.29 is 22.4 Å². The van der Waals surface area contributed by atoms with Crippen LogP contribution >= 0.6 is 11.8 Å². The number of nitrogens with zero attached hydrogens (tertiary/aromatic N) is 3. The molecule has 0 N–H and O–H groups in total. The Morgan fingerprint density at radius 1 is 1.28 bits per heavy atom. The molecule has 2 aromatic rings. The van der Waals surface area contributed by atoms with Crippen molar-refractivity contribution in [3.05, 3.63) is 56.1 Å². The van der Waals surface area contributed by atoms with Gasteiger partial charge in [0.2, 0.25) is 0 Å². The molecule has 0 amide bonds. The van der Waals surface area contributed by atoms with Gasteiger partial charge in [-0.3, -0.25) is 14.2 Å². The molecule has 1 unspecified atom stereocenters. The van der Waals surface area contributed by atoms with Crippen LogP contribution in [0.3, 0.4) is 0 Å². The first-order valence-electron chi connectivity index (χ1n) is 8.23. The number of halogens is 4. The number of alkyl halides is 3. The molecule has 1 atom stereocenters. The van der Waals surface area contributed by atoms with Crippen LogP contribution in [0, 0.1) is 17.1 Å². The topological polar surface area (TPSA) is 84.9 Å². The van der Waals surface area contributed by atoms with Crippen LogP contribution in [-0.2, 0) is 18.0 Å². The van der Waals surface area contributed by atoms with E-state index in [1.165, 1.54) is 6.92 Å². The first-order chi connectivity index (χ1) is 13.4. The van der Waals surface area contributed by atoms with E-state index < -0.39 is 39.9 Å². The van der Waals surface area contributed by atoms with Gasteiger partial charge in [0, 0.05) is 18.0 Å². The zero-order chi connectivity index (χ0) is 22.1. The number of hydrogen-bond acceptors (Lipinski definition) is 5. The number of Topliss-reactive ketones (excluding diaryl/α,β-unsaturated/α-hetero) is 1. The largest absolute Gasteiger partial charge is 0.431 e. The Labute approximate surface area is 166 Å². The second-order valence-electron chi connectivity index (χ2n) is 6.08. The molecule has 11 heteroatoms. The molecule has 0 aliphatic carbocycles. The summed E-state index contributed by atoms with van der Waals surface area (Å²) < 4.78 is 54.0. The van der Waals surface area contributed by atoms with E-state index in [-0.39, 0.29) is 31.4 Å². The molecule has 0 spiro atoms. The molecule has 6 nitrogen and oxygen atoms in total. The van der Waals surface area contributed by atoms with Crippen molar-refractivity contribution in [2.45, 2.75) is 36.6 Å². The lowest BCUT2D eigenvalue weighted by Crippen LogP contribution is -2.41. The van der Waals surface area contributed by atoms with Gasteiger partial charge in [0.15, 0.2) is 0 Å². The van der Waals surface area contributed by atoms with Gasteiger partial charge >= 0.3 is 11.9 Å². The number of hydrogen-bond donors (Lipinski definition) is 0. The van der Waals surface area contributed by atoms with Crippen molar-refractivity contribution in [3.63, 3.8) is 0 Å². The van der Waals surface area contributed by atoms with Crippen LogP contribution in [0.2, 0.25) is 0 Å². The molecule has 154 valence electrons. The third-order valence-corrected chi connectivity index (χ3v) is 5.66. The Balaban J connectivity index is 2.77. The molecular weight excluding hydrogens is 414 g/mol. The van der Waals surface area contributed by atoms with E-state index in [1.54, 1.807) is 13.0 Å². The molecule has 1 aromatic heterocycles. The van der Waals surface area contributed by atoms with E-state index in [2.05, 4.69) is 0 Å². The highest BCUT2D eigenvalue weighted by Gasteiger charge is 2.35. The number of carbonyl (C=O) groups excluding carboxylic acids is 1. The molecule has 29 heavy (non-hydrogen) atoms. The van der Waals surface area contributed by atoms with Crippen molar-refractivity contribution in [3.8, 4) is 11.8 Å². The van der Waals surface area contributed by atoms with Gasteiger partial charge in [-0.05, 0) is 25.5 Å². The van der Waals surface area contributed by atoms with Gasteiger partial charge in [-0.2, -0.15) is 18.4 Å². The highest BCUT2D eigenvalue weighted by atomic mass is 32.2. The predicted molar refractivity (Wildman–Crippen MR) is 97.6 cm³/mol. The SMILES string of the molecule is CCC(Sc1cc(-n2c(=O)cc(C(F)(F)F)n(C)c2=O)c(F)cc1C#N)C(C)=O. The van der Waals surface area contributed by atoms with E-state index in [0.717, 1.165) is 30.9 Å².